The second-order valence-corrected chi connectivity index (χ2v) is 2.84. The zero-order chi connectivity index (χ0) is 9.68. The first kappa shape index (κ1) is 9.58. The van der Waals surface area contributed by atoms with Gasteiger partial charge in [0.2, 0.25) is 0 Å². The van der Waals surface area contributed by atoms with Crippen LogP contribution >= 0.6 is 0 Å². The summed E-state index contributed by atoms with van der Waals surface area (Å²) in [6.45, 7) is 1.74. The van der Waals surface area contributed by atoms with Crippen LogP contribution in [0.15, 0.2) is 30.3 Å². The van der Waals surface area contributed by atoms with Crippen LogP contribution < -0.4 is 4.74 Å². The first-order chi connectivity index (χ1) is 6.18. The molecule has 1 aromatic carbocycles. The smallest absolute Gasteiger partial charge is 0.307 e. The summed E-state index contributed by atoms with van der Waals surface area (Å²) >= 11 is 0. The number of carbonyl (C=O) groups is 1. The fraction of sp³-hybridized carbons (Fsp3) is 0.300. The summed E-state index contributed by atoms with van der Waals surface area (Å²) in [7, 11) is 0. The molecule has 0 unspecified atom stereocenters. The minimum atomic E-state index is -0.844. The zero-order valence-electron chi connectivity index (χ0n) is 7.43. The Hall–Kier alpha value is -1.51. The van der Waals surface area contributed by atoms with Crippen molar-refractivity contribution < 1.29 is 14.6 Å². The Morgan fingerprint density at radius 1 is 1.46 bits per heavy atom. The third kappa shape index (κ3) is 3.60. The molecule has 0 aliphatic rings. The molecule has 0 aliphatic heterocycles. The molecule has 1 N–H and O–H groups in total. The van der Waals surface area contributed by atoms with Crippen molar-refractivity contribution >= 4 is 5.97 Å². The fourth-order valence-corrected chi connectivity index (χ4v) is 1.02. The van der Waals surface area contributed by atoms with E-state index in [1.807, 2.05) is 18.2 Å². The summed E-state index contributed by atoms with van der Waals surface area (Å²) in [5.41, 5.74) is 0. The molecule has 0 bridgehead atoms. The van der Waals surface area contributed by atoms with Crippen molar-refractivity contribution in [3.05, 3.63) is 30.3 Å². The Morgan fingerprint density at radius 2 is 2.08 bits per heavy atom. The highest BCUT2D eigenvalue weighted by atomic mass is 16.5. The van der Waals surface area contributed by atoms with E-state index in [2.05, 4.69) is 0 Å². The monoisotopic (exact) mass is 180 g/mol. The van der Waals surface area contributed by atoms with E-state index in [-0.39, 0.29) is 12.5 Å². The molecule has 3 heteroatoms. The Balaban J connectivity index is 2.45. The maximum Gasteiger partial charge on any atom is 0.307 e. The number of rotatable bonds is 4. The van der Waals surface area contributed by atoms with Crippen molar-refractivity contribution in [1.29, 1.82) is 0 Å². The van der Waals surface area contributed by atoms with Crippen LogP contribution in [0.4, 0.5) is 0 Å². The predicted octanol–water partition coefficient (Wildman–Crippen LogP) is 1.93. The molecule has 0 saturated heterocycles. The molecular weight excluding hydrogens is 168 g/mol. The molecule has 3 nitrogen and oxygen atoms in total. The van der Waals surface area contributed by atoms with Crippen LogP contribution in [0.1, 0.15) is 13.3 Å². The van der Waals surface area contributed by atoms with Gasteiger partial charge in [-0.15, -0.1) is 0 Å². The van der Waals surface area contributed by atoms with Crippen LogP contribution in [0, 0.1) is 0 Å². The van der Waals surface area contributed by atoms with Gasteiger partial charge in [-0.25, -0.2) is 0 Å². The number of benzene rings is 1. The average Bonchev–Trinajstić information content (AvgIpc) is 2.04. The molecule has 70 valence electrons. The van der Waals surface area contributed by atoms with Crippen LogP contribution in [-0.2, 0) is 4.79 Å². The number of carboxylic acid groups (broad SMARTS) is 1. The number of hydrogen-bond acceptors (Lipinski definition) is 2. The molecule has 0 aromatic heterocycles. The number of carboxylic acids is 1. The molecule has 0 fully saturated rings. The van der Waals surface area contributed by atoms with Crippen LogP contribution in [-0.4, -0.2) is 17.2 Å². The zero-order valence-corrected chi connectivity index (χ0v) is 7.43. The normalized spacial score (nSPS) is 12.1. The Morgan fingerprint density at radius 3 is 2.62 bits per heavy atom. The minimum Gasteiger partial charge on any atom is -0.490 e. The molecule has 1 aromatic rings. The molecule has 0 radical (unpaired) electrons. The molecule has 13 heavy (non-hydrogen) atoms. The van der Waals surface area contributed by atoms with Crippen molar-refractivity contribution in [2.45, 2.75) is 19.4 Å². The lowest BCUT2D eigenvalue weighted by Crippen LogP contribution is -2.16. The molecule has 0 amide bonds. The lowest BCUT2D eigenvalue weighted by molar-refractivity contribution is -0.138. The average molecular weight is 180 g/mol. The summed E-state index contributed by atoms with van der Waals surface area (Å²) in [5, 5.41) is 8.48. The lowest BCUT2D eigenvalue weighted by atomic mass is 10.3. The first-order valence-corrected chi connectivity index (χ1v) is 4.12. The van der Waals surface area contributed by atoms with Gasteiger partial charge in [0, 0.05) is 0 Å². The second kappa shape index (κ2) is 4.50. The molecular formula is C10H12O3. The minimum absolute atomic E-state index is 0.0227. The van der Waals surface area contributed by atoms with E-state index in [4.69, 9.17) is 9.84 Å². The van der Waals surface area contributed by atoms with Gasteiger partial charge in [0.05, 0.1) is 6.42 Å². The topological polar surface area (TPSA) is 46.5 Å². The van der Waals surface area contributed by atoms with E-state index in [1.54, 1.807) is 19.1 Å². The van der Waals surface area contributed by atoms with Gasteiger partial charge in [-0.1, -0.05) is 18.2 Å². The van der Waals surface area contributed by atoms with Crippen LogP contribution in [0.3, 0.4) is 0 Å². The summed E-state index contributed by atoms with van der Waals surface area (Å²) in [4.78, 5) is 10.3. The van der Waals surface area contributed by atoms with Gasteiger partial charge in [0.15, 0.2) is 0 Å². The maximum atomic E-state index is 10.3. The third-order valence-electron chi connectivity index (χ3n) is 1.54. The van der Waals surface area contributed by atoms with Gasteiger partial charge in [-0.2, -0.15) is 0 Å². The van der Waals surface area contributed by atoms with Crippen molar-refractivity contribution in [3.63, 3.8) is 0 Å². The van der Waals surface area contributed by atoms with Crippen molar-refractivity contribution in [1.82, 2.24) is 0 Å². The number of aliphatic carboxylic acids is 1. The fourth-order valence-electron chi connectivity index (χ4n) is 1.02. The molecule has 0 spiro atoms. The highest BCUT2D eigenvalue weighted by Crippen LogP contribution is 2.11. The maximum absolute atomic E-state index is 10.3. The highest BCUT2D eigenvalue weighted by molar-refractivity contribution is 5.67. The second-order valence-electron chi connectivity index (χ2n) is 2.84. The molecule has 1 atom stereocenters. The van der Waals surface area contributed by atoms with Gasteiger partial charge in [-0.05, 0) is 19.1 Å². The molecule has 1 rings (SSSR count). The van der Waals surface area contributed by atoms with Crippen molar-refractivity contribution in [2.75, 3.05) is 0 Å². The number of hydrogen-bond donors (Lipinski definition) is 1. The molecule has 0 heterocycles. The first-order valence-electron chi connectivity index (χ1n) is 4.12. The van der Waals surface area contributed by atoms with E-state index in [0.29, 0.717) is 5.75 Å². The van der Waals surface area contributed by atoms with E-state index < -0.39 is 5.97 Å². The van der Waals surface area contributed by atoms with Gasteiger partial charge in [-0.3, -0.25) is 4.79 Å². The SMILES string of the molecule is C[C@H](CC(=O)O)Oc1ccccc1. The summed E-state index contributed by atoms with van der Waals surface area (Å²) in [5.74, 6) is -0.139. The van der Waals surface area contributed by atoms with Gasteiger partial charge in [0.25, 0.3) is 0 Å². The standard InChI is InChI=1S/C10H12O3/c1-8(7-10(11)12)13-9-5-3-2-4-6-9/h2-6,8H,7H2,1H3,(H,11,12)/t8-/m1/s1. The Kier molecular flexibility index (Phi) is 3.31. The van der Waals surface area contributed by atoms with E-state index >= 15 is 0 Å². The van der Waals surface area contributed by atoms with E-state index in [0.717, 1.165) is 0 Å². The third-order valence-corrected chi connectivity index (χ3v) is 1.54. The van der Waals surface area contributed by atoms with E-state index in [1.165, 1.54) is 0 Å². The summed E-state index contributed by atoms with van der Waals surface area (Å²) in [6.07, 6.45) is -0.269. The van der Waals surface area contributed by atoms with Crippen LogP contribution in [0.2, 0.25) is 0 Å². The largest absolute Gasteiger partial charge is 0.490 e. The highest BCUT2D eigenvalue weighted by Gasteiger charge is 2.08. The van der Waals surface area contributed by atoms with Gasteiger partial charge in [0.1, 0.15) is 11.9 Å². The lowest BCUT2D eigenvalue weighted by Gasteiger charge is -2.11. The Labute approximate surface area is 77.0 Å². The number of ether oxygens (including phenoxy) is 1. The number of para-hydroxylation sites is 1. The van der Waals surface area contributed by atoms with Gasteiger partial charge < -0.3 is 9.84 Å². The van der Waals surface area contributed by atoms with Crippen LogP contribution in [0.25, 0.3) is 0 Å². The quantitative estimate of drug-likeness (QED) is 0.770. The predicted molar refractivity (Wildman–Crippen MR) is 48.8 cm³/mol. The summed E-state index contributed by atoms with van der Waals surface area (Å²) < 4.78 is 5.34. The molecule has 0 saturated carbocycles. The summed E-state index contributed by atoms with van der Waals surface area (Å²) in [6, 6.07) is 9.19. The van der Waals surface area contributed by atoms with Gasteiger partial charge >= 0.3 is 5.97 Å². The van der Waals surface area contributed by atoms with Crippen molar-refractivity contribution in [2.24, 2.45) is 0 Å². The van der Waals surface area contributed by atoms with E-state index in [9.17, 15) is 4.79 Å². The van der Waals surface area contributed by atoms with Crippen LogP contribution in [0.5, 0.6) is 5.75 Å². The Bertz CT molecular complexity index is 269. The van der Waals surface area contributed by atoms with Crippen molar-refractivity contribution in [3.8, 4) is 5.75 Å². The molecule has 0 aliphatic carbocycles.